The van der Waals surface area contributed by atoms with Crippen LogP contribution in [0.3, 0.4) is 0 Å². The number of nitrogens with one attached hydrogen (secondary N) is 1. The number of carbonyl (C=O) groups is 1. The van der Waals surface area contributed by atoms with Gasteiger partial charge in [0.2, 0.25) is 0 Å². The minimum Gasteiger partial charge on any atom is -0.465 e. The lowest BCUT2D eigenvalue weighted by atomic mass is 9.98. The number of hydrogen-bond donors (Lipinski definition) is 2. The zero-order valence-electron chi connectivity index (χ0n) is 12.2. The van der Waals surface area contributed by atoms with Gasteiger partial charge in [-0.05, 0) is 27.2 Å². The van der Waals surface area contributed by atoms with Gasteiger partial charge in [0.25, 0.3) is 5.56 Å². The molecule has 6 nitrogen and oxygen atoms in total. The number of H-pyrrole nitrogens is 1. The number of carbonyl (C=O) groups excluding carboxylic acids is 1. The van der Waals surface area contributed by atoms with Gasteiger partial charge in [0.1, 0.15) is 5.54 Å². The number of hydrogen-bond acceptors (Lipinski definition) is 6. The summed E-state index contributed by atoms with van der Waals surface area (Å²) in [5, 5.41) is 0.543. The summed E-state index contributed by atoms with van der Waals surface area (Å²) in [6, 6.07) is 1.43. The average molecular weight is 299 g/mol. The van der Waals surface area contributed by atoms with Gasteiger partial charge >= 0.3 is 5.97 Å². The summed E-state index contributed by atoms with van der Waals surface area (Å²) in [5.74, 6) is -0.418. The second-order valence-corrected chi connectivity index (χ2v) is 6.39. The zero-order valence-corrected chi connectivity index (χ0v) is 13.0. The lowest BCUT2D eigenvalue weighted by molar-refractivity contribution is -0.149. The van der Waals surface area contributed by atoms with Crippen molar-refractivity contribution in [1.82, 2.24) is 9.97 Å². The van der Waals surface area contributed by atoms with E-state index in [4.69, 9.17) is 10.5 Å². The SMILES string of the molecule is CCOC(=O)C(C)(N)CC(C)Sc1nc(C)cc(=O)[nH]1. The lowest BCUT2D eigenvalue weighted by Crippen LogP contribution is -2.47. The molecular weight excluding hydrogens is 278 g/mol. The molecule has 7 heteroatoms. The van der Waals surface area contributed by atoms with E-state index in [1.54, 1.807) is 20.8 Å². The van der Waals surface area contributed by atoms with Gasteiger partial charge in [0.05, 0.1) is 6.61 Å². The molecule has 0 saturated heterocycles. The van der Waals surface area contributed by atoms with Crippen LogP contribution in [0.2, 0.25) is 0 Å². The zero-order chi connectivity index (χ0) is 15.3. The van der Waals surface area contributed by atoms with Gasteiger partial charge in [0, 0.05) is 17.0 Å². The van der Waals surface area contributed by atoms with Crippen molar-refractivity contribution in [2.45, 2.75) is 50.1 Å². The third-order valence-corrected chi connectivity index (χ3v) is 3.60. The first kappa shape index (κ1) is 16.7. The van der Waals surface area contributed by atoms with E-state index in [2.05, 4.69) is 9.97 Å². The van der Waals surface area contributed by atoms with Crippen LogP contribution in [0.4, 0.5) is 0 Å². The molecular formula is C13H21N3O3S. The maximum atomic E-state index is 11.7. The van der Waals surface area contributed by atoms with Crippen molar-refractivity contribution in [2.75, 3.05) is 6.61 Å². The second kappa shape index (κ2) is 6.90. The van der Waals surface area contributed by atoms with Gasteiger partial charge < -0.3 is 15.5 Å². The minimum atomic E-state index is -1.05. The van der Waals surface area contributed by atoms with Crippen molar-refractivity contribution in [2.24, 2.45) is 5.73 Å². The van der Waals surface area contributed by atoms with Gasteiger partial charge in [-0.25, -0.2) is 4.98 Å². The molecule has 1 rings (SSSR count). The van der Waals surface area contributed by atoms with Crippen LogP contribution in [0, 0.1) is 6.92 Å². The average Bonchev–Trinajstić information content (AvgIpc) is 2.26. The molecule has 20 heavy (non-hydrogen) atoms. The minimum absolute atomic E-state index is 0.0133. The predicted octanol–water partition coefficient (Wildman–Crippen LogP) is 1.23. The number of nitrogens with two attached hydrogens (primary N) is 1. The van der Waals surface area contributed by atoms with Crippen LogP contribution < -0.4 is 11.3 Å². The Morgan fingerprint density at radius 2 is 2.30 bits per heavy atom. The largest absolute Gasteiger partial charge is 0.465 e. The summed E-state index contributed by atoms with van der Waals surface area (Å²) in [6.45, 7) is 7.38. The fraction of sp³-hybridized carbons (Fsp3) is 0.615. The molecule has 0 aliphatic carbocycles. The number of thioether (sulfide) groups is 1. The Morgan fingerprint density at radius 3 is 2.85 bits per heavy atom. The Kier molecular flexibility index (Phi) is 5.76. The standard InChI is InChI=1S/C13H21N3O3S/c1-5-19-11(18)13(4,14)7-9(3)20-12-15-8(2)6-10(17)16-12/h6,9H,5,7,14H2,1-4H3,(H,15,16,17). The summed E-state index contributed by atoms with van der Waals surface area (Å²) in [4.78, 5) is 30.0. The van der Waals surface area contributed by atoms with Crippen molar-refractivity contribution in [3.8, 4) is 0 Å². The highest BCUT2D eigenvalue weighted by molar-refractivity contribution is 7.99. The molecule has 1 heterocycles. The molecule has 112 valence electrons. The number of nitrogens with zero attached hydrogens (tertiary/aromatic N) is 1. The molecule has 1 aromatic heterocycles. The highest BCUT2D eigenvalue weighted by atomic mass is 32.2. The first-order valence-corrected chi connectivity index (χ1v) is 7.33. The highest BCUT2D eigenvalue weighted by Crippen LogP contribution is 2.25. The fourth-order valence-electron chi connectivity index (χ4n) is 1.82. The normalized spacial score (nSPS) is 15.4. The predicted molar refractivity (Wildman–Crippen MR) is 78.8 cm³/mol. The Hall–Kier alpha value is -1.34. The molecule has 2 unspecified atom stereocenters. The number of aryl methyl sites for hydroxylation is 1. The van der Waals surface area contributed by atoms with Crippen molar-refractivity contribution in [3.63, 3.8) is 0 Å². The third-order valence-electron chi connectivity index (χ3n) is 2.61. The molecule has 0 radical (unpaired) electrons. The van der Waals surface area contributed by atoms with E-state index in [9.17, 15) is 9.59 Å². The number of ether oxygens (including phenoxy) is 1. The first-order valence-electron chi connectivity index (χ1n) is 6.45. The maximum Gasteiger partial charge on any atom is 0.325 e. The van der Waals surface area contributed by atoms with Gasteiger partial charge in [-0.3, -0.25) is 9.59 Å². The second-order valence-electron chi connectivity index (χ2n) is 4.96. The Labute approximate surface area is 122 Å². The number of rotatable bonds is 6. The van der Waals surface area contributed by atoms with E-state index < -0.39 is 11.5 Å². The molecule has 2 atom stereocenters. The molecule has 1 aromatic rings. The van der Waals surface area contributed by atoms with Gasteiger partial charge in [-0.2, -0.15) is 0 Å². The van der Waals surface area contributed by atoms with E-state index in [0.29, 0.717) is 23.9 Å². The topological polar surface area (TPSA) is 98.1 Å². The van der Waals surface area contributed by atoms with Crippen LogP contribution in [-0.4, -0.2) is 33.3 Å². The Bertz CT molecular complexity index is 528. The Balaban J connectivity index is 2.69. The van der Waals surface area contributed by atoms with E-state index >= 15 is 0 Å². The van der Waals surface area contributed by atoms with Crippen LogP contribution in [0.1, 0.15) is 32.9 Å². The summed E-state index contributed by atoms with van der Waals surface area (Å²) in [7, 11) is 0. The molecule has 0 fully saturated rings. The van der Waals surface area contributed by atoms with E-state index in [1.165, 1.54) is 17.8 Å². The van der Waals surface area contributed by atoms with Crippen LogP contribution in [0.15, 0.2) is 16.0 Å². The fourth-order valence-corrected chi connectivity index (χ4v) is 2.98. The molecule has 0 aliphatic heterocycles. The molecule has 3 N–H and O–H groups in total. The van der Waals surface area contributed by atoms with Gasteiger partial charge in [0.15, 0.2) is 5.16 Å². The maximum absolute atomic E-state index is 11.7. The monoisotopic (exact) mass is 299 g/mol. The third kappa shape index (κ3) is 4.97. The van der Waals surface area contributed by atoms with Crippen LogP contribution >= 0.6 is 11.8 Å². The van der Waals surface area contributed by atoms with Crippen molar-refractivity contribution in [3.05, 3.63) is 22.1 Å². The molecule has 0 aromatic carbocycles. The van der Waals surface area contributed by atoms with E-state index in [1.807, 2.05) is 6.92 Å². The van der Waals surface area contributed by atoms with E-state index in [-0.39, 0.29) is 10.8 Å². The molecule has 0 aliphatic rings. The van der Waals surface area contributed by atoms with E-state index in [0.717, 1.165) is 0 Å². The molecule has 0 amide bonds. The highest BCUT2D eigenvalue weighted by Gasteiger charge is 2.32. The Morgan fingerprint density at radius 1 is 1.65 bits per heavy atom. The number of aromatic nitrogens is 2. The van der Waals surface area contributed by atoms with Crippen molar-refractivity contribution >= 4 is 17.7 Å². The number of esters is 1. The van der Waals surface area contributed by atoms with Crippen LogP contribution in [-0.2, 0) is 9.53 Å². The van der Waals surface area contributed by atoms with Gasteiger partial charge in [-0.15, -0.1) is 0 Å². The van der Waals surface area contributed by atoms with Gasteiger partial charge in [-0.1, -0.05) is 18.7 Å². The summed E-state index contributed by atoms with van der Waals surface area (Å²) in [5.41, 5.74) is 5.40. The molecule has 0 saturated carbocycles. The first-order chi connectivity index (χ1) is 9.24. The van der Waals surface area contributed by atoms with Crippen LogP contribution in [0.25, 0.3) is 0 Å². The van der Waals surface area contributed by atoms with Crippen LogP contribution in [0.5, 0.6) is 0 Å². The molecule has 0 spiro atoms. The summed E-state index contributed by atoms with van der Waals surface area (Å²) < 4.78 is 4.95. The number of aromatic amines is 1. The smallest absolute Gasteiger partial charge is 0.325 e. The van der Waals surface area contributed by atoms with Crippen molar-refractivity contribution in [1.29, 1.82) is 0 Å². The lowest BCUT2D eigenvalue weighted by Gasteiger charge is -2.25. The van der Waals surface area contributed by atoms with Crippen molar-refractivity contribution < 1.29 is 9.53 Å². The summed E-state index contributed by atoms with van der Waals surface area (Å²) >= 11 is 1.38. The molecule has 0 bridgehead atoms. The quantitative estimate of drug-likeness (QED) is 0.466. The summed E-state index contributed by atoms with van der Waals surface area (Å²) in [6.07, 6.45) is 0.425.